The molecule has 0 fully saturated rings. The van der Waals surface area contributed by atoms with Crippen LogP contribution >= 0.6 is 23.8 Å². The van der Waals surface area contributed by atoms with Crippen LogP contribution in [0.2, 0.25) is 5.02 Å². The Balaban J connectivity index is 1.99. The molecule has 3 N–H and O–H groups in total. The minimum Gasteiger partial charge on any atom is -0.375 e. The van der Waals surface area contributed by atoms with Crippen LogP contribution in [0.25, 0.3) is 27.8 Å². The highest BCUT2D eigenvalue weighted by atomic mass is 35.5. The van der Waals surface area contributed by atoms with Crippen LogP contribution in [-0.4, -0.2) is 29.6 Å². The molecule has 130 valence electrons. The van der Waals surface area contributed by atoms with E-state index in [9.17, 15) is 4.79 Å². The predicted octanol–water partition coefficient (Wildman–Crippen LogP) is 1.86. The molecule has 0 aliphatic carbocycles. The summed E-state index contributed by atoms with van der Waals surface area (Å²) in [6.07, 6.45) is 1.52. The fourth-order valence-corrected chi connectivity index (χ4v) is 3.04. The van der Waals surface area contributed by atoms with E-state index >= 15 is 0 Å². The fourth-order valence-electron chi connectivity index (χ4n) is 2.81. The van der Waals surface area contributed by atoms with Crippen LogP contribution in [0.3, 0.4) is 0 Å². The fraction of sp³-hybridized carbons (Fsp3) is 0.0625. The summed E-state index contributed by atoms with van der Waals surface area (Å²) >= 11 is 10.7. The Labute approximate surface area is 157 Å². The summed E-state index contributed by atoms with van der Waals surface area (Å²) in [6, 6.07) is 9.08. The maximum absolute atomic E-state index is 12.5. The summed E-state index contributed by atoms with van der Waals surface area (Å²) in [6.45, 7) is 1.88. The average Bonchev–Trinajstić information content (AvgIpc) is 2.94. The number of hydrogen-bond donors (Lipinski definition) is 2. The number of aryl methyl sites for hydroxylation is 1. The molecule has 1 aromatic carbocycles. The second kappa shape index (κ2) is 6.04. The van der Waals surface area contributed by atoms with Gasteiger partial charge in [-0.3, -0.25) is 10.2 Å². The summed E-state index contributed by atoms with van der Waals surface area (Å²) in [5.41, 5.74) is 11.3. The van der Waals surface area contributed by atoms with Gasteiger partial charge in [0.25, 0.3) is 5.56 Å². The number of nitrogens with zero attached hydrogens (tertiary/aromatic N) is 5. The van der Waals surface area contributed by atoms with Gasteiger partial charge in [0.2, 0.25) is 0 Å². The minimum absolute atomic E-state index is 0.0274. The van der Waals surface area contributed by atoms with Gasteiger partial charge in [0.05, 0.1) is 11.3 Å². The molecule has 26 heavy (non-hydrogen) atoms. The summed E-state index contributed by atoms with van der Waals surface area (Å²) in [5.74, 6) is 0. The van der Waals surface area contributed by atoms with E-state index < -0.39 is 5.56 Å². The molecule has 0 radical (unpaired) electrons. The zero-order chi connectivity index (χ0) is 18.4. The lowest BCUT2D eigenvalue weighted by atomic mass is 10.1. The van der Waals surface area contributed by atoms with Crippen molar-refractivity contribution in [1.29, 1.82) is 0 Å². The first-order valence-corrected chi connectivity index (χ1v) is 8.34. The van der Waals surface area contributed by atoms with E-state index in [0.29, 0.717) is 16.2 Å². The van der Waals surface area contributed by atoms with Crippen molar-refractivity contribution in [3.8, 4) is 11.1 Å². The zero-order valence-corrected chi connectivity index (χ0v) is 15.0. The van der Waals surface area contributed by atoms with Crippen LogP contribution in [-0.2, 0) is 0 Å². The molecule has 0 spiro atoms. The number of hydrogen-bond acceptors (Lipinski definition) is 5. The van der Waals surface area contributed by atoms with Crippen molar-refractivity contribution in [2.75, 3.05) is 5.43 Å². The highest BCUT2D eigenvalue weighted by Crippen LogP contribution is 2.28. The van der Waals surface area contributed by atoms with Crippen molar-refractivity contribution in [3.63, 3.8) is 0 Å². The first-order valence-electron chi connectivity index (χ1n) is 7.55. The Bertz CT molecular complexity index is 1230. The van der Waals surface area contributed by atoms with Crippen molar-refractivity contribution in [1.82, 2.24) is 24.5 Å². The van der Waals surface area contributed by atoms with Gasteiger partial charge in [-0.15, -0.1) is 10.2 Å². The highest BCUT2D eigenvalue weighted by molar-refractivity contribution is 7.80. The molecule has 0 atom stereocenters. The molecule has 4 rings (SSSR count). The molecule has 0 amide bonds. The first kappa shape index (κ1) is 16.4. The van der Waals surface area contributed by atoms with E-state index in [4.69, 9.17) is 29.6 Å². The number of benzene rings is 1. The van der Waals surface area contributed by atoms with E-state index in [0.717, 1.165) is 21.5 Å². The zero-order valence-electron chi connectivity index (χ0n) is 13.5. The number of aromatic nitrogens is 5. The molecule has 3 heterocycles. The maximum atomic E-state index is 12.5. The molecule has 8 nitrogen and oxygen atoms in total. The molecule has 4 aromatic rings. The van der Waals surface area contributed by atoms with E-state index in [1.165, 1.54) is 6.20 Å². The molecule has 0 saturated carbocycles. The number of nitrogens with two attached hydrogens (primary N) is 1. The van der Waals surface area contributed by atoms with Gasteiger partial charge in [-0.2, -0.15) is 5.10 Å². The Kier molecular flexibility index (Phi) is 3.82. The standard InChI is InChI=1S/C16H12ClN7OS/c1-8-12(9-2-4-10(17)5-3-9)14-20-19-13-11(24(14)21-8)6-7-23(15(13)25)22-16(18)26/h2-7H,1H3,(H3,18,22,26). The van der Waals surface area contributed by atoms with Crippen LogP contribution in [0.1, 0.15) is 5.69 Å². The Morgan fingerprint density at radius 1 is 1.23 bits per heavy atom. The number of rotatable bonds is 2. The van der Waals surface area contributed by atoms with Crippen LogP contribution in [0.5, 0.6) is 0 Å². The van der Waals surface area contributed by atoms with Crippen LogP contribution < -0.4 is 16.7 Å². The number of pyridine rings is 1. The summed E-state index contributed by atoms with van der Waals surface area (Å²) in [4.78, 5) is 12.5. The molecule has 3 aromatic heterocycles. The SMILES string of the molecule is Cc1nn2c(nnc3c(=O)n(NC(N)=S)ccc32)c1-c1ccc(Cl)cc1. The van der Waals surface area contributed by atoms with E-state index in [-0.39, 0.29) is 10.6 Å². The quantitative estimate of drug-likeness (QED) is 0.507. The molecule has 10 heteroatoms. The van der Waals surface area contributed by atoms with Crippen LogP contribution in [0, 0.1) is 6.92 Å². The first-order chi connectivity index (χ1) is 12.5. The minimum atomic E-state index is -0.425. The molecular formula is C16H12ClN7OS. The number of thiocarbonyl (C=S) groups is 1. The summed E-state index contributed by atoms with van der Waals surface area (Å²) in [7, 11) is 0. The van der Waals surface area contributed by atoms with Gasteiger partial charge in [-0.1, -0.05) is 23.7 Å². The lowest BCUT2D eigenvalue weighted by molar-refractivity contribution is 0.883. The molecule has 0 aliphatic rings. The average molecular weight is 386 g/mol. The predicted molar refractivity (Wildman–Crippen MR) is 104 cm³/mol. The number of nitrogens with one attached hydrogen (secondary N) is 1. The number of fused-ring (bicyclic) bond motifs is 3. The second-order valence-electron chi connectivity index (χ2n) is 5.60. The van der Waals surface area contributed by atoms with Crippen molar-refractivity contribution < 1.29 is 0 Å². The Hall–Kier alpha value is -3.04. The van der Waals surface area contributed by atoms with Gasteiger partial charge in [0, 0.05) is 11.2 Å². The van der Waals surface area contributed by atoms with Crippen molar-refractivity contribution >= 4 is 45.6 Å². The Morgan fingerprint density at radius 2 is 1.96 bits per heavy atom. The molecule has 0 saturated heterocycles. The monoisotopic (exact) mass is 385 g/mol. The topological polar surface area (TPSA) is 103 Å². The highest BCUT2D eigenvalue weighted by Gasteiger charge is 2.17. The van der Waals surface area contributed by atoms with Gasteiger partial charge < -0.3 is 5.73 Å². The summed E-state index contributed by atoms with van der Waals surface area (Å²) in [5, 5.41) is 13.5. The normalized spacial score (nSPS) is 11.2. The van der Waals surface area contributed by atoms with E-state index in [2.05, 4.69) is 20.7 Å². The van der Waals surface area contributed by atoms with Gasteiger partial charge in [-0.05, 0) is 42.9 Å². The third kappa shape index (κ3) is 2.57. The maximum Gasteiger partial charge on any atom is 0.299 e. The van der Waals surface area contributed by atoms with Crippen molar-refractivity contribution in [2.24, 2.45) is 5.73 Å². The largest absolute Gasteiger partial charge is 0.375 e. The van der Waals surface area contributed by atoms with Crippen LogP contribution in [0.4, 0.5) is 0 Å². The van der Waals surface area contributed by atoms with Crippen molar-refractivity contribution in [2.45, 2.75) is 6.92 Å². The van der Waals surface area contributed by atoms with Gasteiger partial charge >= 0.3 is 0 Å². The van der Waals surface area contributed by atoms with Gasteiger partial charge in [-0.25, -0.2) is 9.19 Å². The molecule has 0 unspecified atom stereocenters. The molecule has 0 aliphatic heterocycles. The van der Waals surface area contributed by atoms with Gasteiger partial charge in [0.15, 0.2) is 16.3 Å². The number of halogens is 1. The lowest BCUT2D eigenvalue weighted by Gasteiger charge is -2.08. The molecule has 0 bridgehead atoms. The van der Waals surface area contributed by atoms with Gasteiger partial charge in [0.1, 0.15) is 5.52 Å². The van der Waals surface area contributed by atoms with E-state index in [1.807, 2.05) is 19.1 Å². The van der Waals surface area contributed by atoms with Crippen molar-refractivity contribution in [3.05, 3.63) is 57.6 Å². The third-order valence-corrected chi connectivity index (χ3v) is 4.26. The smallest absolute Gasteiger partial charge is 0.299 e. The van der Waals surface area contributed by atoms with E-state index in [1.54, 1.807) is 22.7 Å². The lowest BCUT2D eigenvalue weighted by Crippen LogP contribution is -2.36. The Morgan fingerprint density at radius 3 is 2.65 bits per heavy atom. The summed E-state index contributed by atoms with van der Waals surface area (Å²) < 4.78 is 2.76. The van der Waals surface area contributed by atoms with Crippen LogP contribution in [0.15, 0.2) is 41.3 Å². The molecular weight excluding hydrogens is 374 g/mol. The third-order valence-electron chi connectivity index (χ3n) is 3.92. The second-order valence-corrected chi connectivity index (χ2v) is 6.48.